The maximum Gasteiger partial charge on any atom is 0.156 e. The molecule has 2 aliphatic carbocycles. The molecule has 0 unspecified atom stereocenters. The van der Waals surface area contributed by atoms with E-state index < -0.39 is 0 Å². The van der Waals surface area contributed by atoms with E-state index in [1.165, 1.54) is 32.1 Å². The molecule has 2 aromatic rings. The van der Waals surface area contributed by atoms with Gasteiger partial charge in [-0.25, -0.2) is 9.97 Å². The van der Waals surface area contributed by atoms with Gasteiger partial charge in [0.05, 0.1) is 6.54 Å². The van der Waals surface area contributed by atoms with Crippen LogP contribution in [-0.4, -0.2) is 37.9 Å². The summed E-state index contributed by atoms with van der Waals surface area (Å²) < 4.78 is 7.47. The van der Waals surface area contributed by atoms with Crippen LogP contribution in [0, 0.1) is 0 Å². The van der Waals surface area contributed by atoms with E-state index in [2.05, 4.69) is 30.0 Å². The van der Waals surface area contributed by atoms with Crippen molar-refractivity contribution in [2.45, 2.75) is 76.1 Å². The molecule has 27 heavy (non-hydrogen) atoms. The lowest BCUT2D eigenvalue weighted by Crippen LogP contribution is -2.35. The highest BCUT2D eigenvalue weighted by molar-refractivity contribution is 5.38. The third-order valence-corrected chi connectivity index (χ3v) is 5.70. The Labute approximate surface area is 159 Å². The molecule has 0 aliphatic heterocycles. The fraction of sp³-hybridized carbons (Fsp3) is 0.684. The zero-order valence-corrected chi connectivity index (χ0v) is 16.0. The largest absolute Gasteiger partial charge is 0.377 e. The van der Waals surface area contributed by atoms with Crippen molar-refractivity contribution in [3.63, 3.8) is 0 Å². The van der Waals surface area contributed by atoms with Gasteiger partial charge in [0.15, 0.2) is 11.6 Å². The number of aromatic nitrogens is 5. The molecule has 2 fully saturated rings. The Hall–Kier alpha value is -2.06. The number of nitrogens with one attached hydrogen (secondary N) is 1. The topological polar surface area (TPSA) is 104 Å². The summed E-state index contributed by atoms with van der Waals surface area (Å²) in [6.07, 6.45) is 10.2. The van der Waals surface area contributed by atoms with Crippen LogP contribution >= 0.6 is 0 Å². The van der Waals surface area contributed by atoms with E-state index >= 15 is 0 Å². The van der Waals surface area contributed by atoms with E-state index in [0.29, 0.717) is 37.0 Å². The molecule has 0 spiro atoms. The van der Waals surface area contributed by atoms with Crippen molar-refractivity contribution in [3.8, 4) is 0 Å². The summed E-state index contributed by atoms with van der Waals surface area (Å²) in [6.45, 7) is 1.00. The van der Waals surface area contributed by atoms with Crippen molar-refractivity contribution >= 4 is 5.82 Å². The number of hydrogen-bond donors (Lipinski definition) is 2. The van der Waals surface area contributed by atoms with Gasteiger partial charge in [0.2, 0.25) is 0 Å². The lowest BCUT2D eigenvalue weighted by atomic mass is 9.78. The summed E-state index contributed by atoms with van der Waals surface area (Å²) in [7, 11) is 1.66. The Morgan fingerprint density at radius 2 is 2.04 bits per heavy atom. The summed E-state index contributed by atoms with van der Waals surface area (Å²) in [5, 5.41) is 11.9. The molecular formula is C19H29N7O. The molecule has 146 valence electrons. The summed E-state index contributed by atoms with van der Waals surface area (Å²) in [4.78, 5) is 9.24. The predicted octanol–water partition coefficient (Wildman–Crippen LogP) is 2.54. The average Bonchev–Trinajstić information content (AvgIpc) is 3.13. The molecule has 2 aromatic heterocycles. The van der Waals surface area contributed by atoms with Gasteiger partial charge in [-0.15, -0.1) is 10.2 Å². The van der Waals surface area contributed by atoms with Gasteiger partial charge < -0.3 is 20.4 Å². The minimum absolute atomic E-state index is 0.293. The number of methoxy groups -OCH3 is 1. The normalized spacial score (nSPS) is 23.2. The van der Waals surface area contributed by atoms with Crippen LogP contribution in [0.4, 0.5) is 5.82 Å². The number of nitrogens with two attached hydrogens (primary N) is 1. The lowest BCUT2D eigenvalue weighted by Gasteiger charge is -2.32. The van der Waals surface area contributed by atoms with Gasteiger partial charge in [-0.05, 0) is 25.7 Å². The molecule has 0 saturated heterocycles. The second-order valence-corrected chi connectivity index (χ2v) is 7.76. The minimum Gasteiger partial charge on any atom is -0.377 e. The molecule has 0 atom stereocenters. The Balaban J connectivity index is 1.47. The third kappa shape index (κ3) is 4.27. The van der Waals surface area contributed by atoms with Gasteiger partial charge >= 0.3 is 0 Å². The van der Waals surface area contributed by atoms with Crippen LogP contribution in [0.1, 0.15) is 74.2 Å². The van der Waals surface area contributed by atoms with Crippen LogP contribution in [0.5, 0.6) is 0 Å². The maximum absolute atomic E-state index is 5.95. The van der Waals surface area contributed by atoms with E-state index in [4.69, 9.17) is 10.5 Å². The van der Waals surface area contributed by atoms with Gasteiger partial charge in [-0.3, -0.25) is 0 Å². The molecule has 3 N–H and O–H groups in total. The fourth-order valence-corrected chi connectivity index (χ4v) is 4.14. The van der Waals surface area contributed by atoms with Gasteiger partial charge in [0, 0.05) is 36.9 Å². The SMILES string of the molecule is COCc1nc(NCc2nncn2C2CCCCC2)cc(C2CC(N)C2)n1. The molecule has 2 saturated carbocycles. The van der Waals surface area contributed by atoms with Crippen molar-refractivity contribution in [2.24, 2.45) is 5.73 Å². The number of nitrogens with zero attached hydrogens (tertiary/aromatic N) is 5. The van der Waals surface area contributed by atoms with Crippen molar-refractivity contribution in [2.75, 3.05) is 12.4 Å². The Bertz CT molecular complexity index is 750. The zero-order valence-electron chi connectivity index (χ0n) is 16.0. The first-order chi connectivity index (χ1) is 13.2. The van der Waals surface area contributed by atoms with E-state index in [1.807, 2.05) is 12.4 Å². The van der Waals surface area contributed by atoms with Gasteiger partial charge in [0.1, 0.15) is 18.8 Å². The summed E-state index contributed by atoms with van der Waals surface area (Å²) in [6, 6.07) is 2.85. The molecule has 8 nitrogen and oxygen atoms in total. The molecule has 0 radical (unpaired) electrons. The van der Waals surface area contributed by atoms with Gasteiger partial charge in [-0.1, -0.05) is 19.3 Å². The fourth-order valence-electron chi connectivity index (χ4n) is 4.14. The zero-order chi connectivity index (χ0) is 18.6. The second-order valence-electron chi connectivity index (χ2n) is 7.76. The molecule has 4 rings (SSSR count). The molecule has 0 amide bonds. The summed E-state index contributed by atoms with van der Waals surface area (Å²) in [5.41, 5.74) is 7.00. The number of hydrogen-bond acceptors (Lipinski definition) is 7. The highest BCUT2D eigenvalue weighted by atomic mass is 16.5. The molecule has 0 bridgehead atoms. The average molecular weight is 371 g/mol. The highest BCUT2D eigenvalue weighted by Crippen LogP contribution is 2.35. The van der Waals surface area contributed by atoms with Crippen LogP contribution < -0.4 is 11.1 Å². The van der Waals surface area contributed by atoms with Crippen molar-refractivity contribution in [1.82, 2.24) is 24.7 Å². The summed E-state index contributed by atoms with van der Waals surface area (Å²) >= 11 is 0. The van der Waals surface area contributed by atoms with Crippen LogP contribution in [0.25, 0.3) is 0 Å². The van der Waals surface area contributed by atoms with Gasteiger partial charge in [0.25, 0.3) is 0 Å². The predicted molar refractivity (Wildman–Crippen MR) is 102 cm³/mol. The lowest BCUT2D eigenvalue weighted by molar-refractivity contribution is 0.177. The monoisotopic (exact) mass is 371 g/mol. The molecule has 0 aromatic carbocycles. The second kappa shape index (κ2) is 8.31. The quantitative estimate of drug-likeness (QED) is 0.771. The smallest absolute Gasteiger partial charge is 0.156 e. The summed E-state index contributed by atoms with van der Waals surface area (Å²) in [5.74, 6) is 2.89. The van der Waals surface area contributed by atoms with E-state index in [1.54, 1.807) is 7.11 Å². The van der Waals surface area contributed by atoms with Crippen molar-refractivity contribution in [3.05, 3.63) is 29.7 Å². The standard InChI is InChI=1S/C19H29N7O/c1-27-11-18-23-16(13-7-14(20)8-13)9-17(24-18)21-10-19-25-22-12-26(19)15-5-3-2-4-6-15/h9,12-15H,2-8,10-11,20H2,1H3,(H,21,23,24). The Kier molecular flexibility index (Phi) is 5.63. The van der Waals surface area contributed by atoms with Crippen molar-refractivity contribution < 1.29 is 4.74 Å². The first-order valence-electron chi connectivity index (χ1n) is 9.97. The van der Waals surface area contributed by atoms with Crippen LogP contribution in [0.2, 0.25) is 0 Å². The van der Waals surface area contributed by atoms with Crippen molar-refractivity contribution in [1.29, 1.82) is 0 Å². The maximum atomic E-state index is 5.95. The number of anilines is 1. The molecule has 2 aliphatic rings. The van der Waals surface area contributed by atoms with E-state index in [9.17, 15) is 0 Å². The highest BCUT2D eigenvalue weighted by Gasteiger charge is 2.29. The Morgan fingerprint density at radius 3 is 2.78 bits per heavy atom. The number of ether oxygens (including phenoxy) is 1. The van der Waals surface area contributed by atoms with Crippen LogP contribution in [0.15, 0.2) is 12.4 Å². The number of rotatable bonds is 7. The van der Waals surface area contributed by atoms with Crippen LogP contribution in [0.3, 0.4) is 0 Å². The molecular weight excluding hydrogens is 342 g/mol. The van der Waals surface area contributed by atoms with Crippen LogP contribution in [-0.2, 0) is 17.9 Å². The minimum atomic E-state index is 0.293. The molecule has 2 heterocycles. The first kappa shape index (κ1) is 18.3. The van der Waals surface area contributed by atoms with E-state index in [0.717, 1.165) is 30.2 Å². The van der Waals surface area contributed by atoms with Gasteiger partial charge in [-0.2, -0.15) is 0 Å². The first-order valence-corrected chi connectivity index (χ1v) is 9.97. The third-order valence-electron chi connectivity index (χ3n) is 5.70. The molecule has 8 heteroatoms. The Morgan fingerprint density at radius 1 is 1.22 bits per heavy atom. The van der Waals surface area contributed by atoms with E-state index in [-0.39, 0.29) is 0 Å².